The van der Waals surface area contributed by atoms with Gasteiger partial charge in [0.1, 0.15) is 0 Å². The maximum atomic E-state index is 11.5. The van der Waals surface area contributed by atoms with Crippen LogP contribution in [0.5, 0.6) is 0 Å². The zero-order valence-electron chi connectivity index (χ0n) is 10.8. The topological polar surface area (TPSA) is 56.7 Å². The molecule has 2 N–H and O–H groups in total. The predicted molar refractivity (Wildman–Crippen MR) is 87.5 cm³/mol. The highest BCUT2D eigenvalue weighted by atomic mass is 127. The molecule has 2 heterocycles. The number of carbonyl (C=O) groups is 1. The Kier molecular flexibility index (Phi) is 4.28. The summed E-state index contributed by atoms with van der Waals surface area (Å²) in [6.45, 7) is 4.09. The van der Waals surface area contributed by atoms with Gasteiger partial charge in [0, 0.05) is 31.4 Å². The van der Waals surface area contributed by atoms with Crippen molar-refractivity contribution in [1.82, 2.24) is 5.32 Å². The van der Waals surface area contributed by atoms with Gasteiger partial charge in [-0.05, 0) is 24.1 Å². The molecular formula is C13H17IN4O. The summed E-state index contributed by atoms with van der Waals surface area (Å²) in [4.78, 5) is 17.7. The van der Waals surface area contributed by atoms with E-state index in [0.29, 0.717) is 0 Å². The van der Waals surface area contributed by atoms with Crippen molar-refractivity contribution < 1.29 is 4.79 Å². The fourth-order valence-corrected chi connectivity index (χ4v) is 2.40. The minimum Gasteiger partial charge on any atom is -0.354 e. The van der Waals surface area contributed by atoms with E-state index in [9.17, 15) is 4.79 Å². The number of guanidine groups is 1. The van der Waals surface area contributed by atoms with Crippen molar-refractivity contribution in [3.63, 3.8) is 0 Å². The molecule has 0 bridgehead atoms. The first-order valence-electron chi connectivity index (χ1n) is 6.20. The van der Waals surface area contributed by atoms with Gasteiger partial charge < -0.3 is 15.5 Å². The van der Waals surface area contributed by atoms with Crippen LogP contribution in [0, 0.1) is 0 Å². The number of hydrogen-bond acceptors (Lipinski definition) is 4. The van der Waals surface area contributed by atoms with Gasteiger partial charge in [0.25, 0.3) is 0 Å². The van der Waals surface area contributed by atoms with Crippen LogP contribution in [0.1, 0.15) is 12.5 Å². The molecule has 19 heavy (non-hydrogen) atoms. The van der Waals surface area contributed by atoms with Crippen molar-refractivity contribution in [2.24, 2.45) is 4.99 Å². The van der Waals surface area contributed by atoms with Gasteiger partial charge in [-0.25, -0.2) is 0 Å². The molecule has 3 rings (SSSR count). The van der Waals surface area contributed by atoms with Crippen molar-refractivity contribution in [3.05, 3.63) is 23.8 Å². The molecule has 0 spiro atoms. The summed E-state index contributed by atoms with van der Waals surface area (Å²) in [6, 6.07) is 6.13. The summed E-state index contributed by atoms with van der Waals surface area (Å²) < 4.78 is 0. The molecule has 0 fully saturated rings. The fourth-order valence-electron chi connectivity index (χ4n) is 2.40. The van der Waals surface area contributed by atoms with Crippen LogP contribution in [0.4, 0.5) is 11.4 Å². The number of fused-ring (bicyclic) bond motifs is 1. The first-order valence-corrected chi connectivity index (χ1v) is 6.20. The third-order valence-corrected chi connectivity index (χ3v) is 3.30. The van der Waals surface area contributed by atoms with E-state index in [0.717, 1.165) is 43.4 Å². The highest BCUT2D eigenvalue weighted by molar-refractivity contribution is 14.0. The fraction of sp³-hybridized carbons (Fsp3) is 0.385. The van der Waals surface area contributed by atoms with Crippen molar-refractivity contribution >= 4 is 47.2 Å². The molecule has 0 saturated carbocycles. The Labute approximate surface area is 129 Å². The molecule has 0 unspecified atom stereocenters. The van der Waals surface area contributed by atoms with E-state index >= 15 is 0 Å². The smallest absolute Gasteiger partial charge is 0.223 e. The van der Waals surface area contributed by atoms with Gasteiger partial charge in [-0.15, -0.1) is 24.0 Å². The second-order valence-corrected chi connectivity index (χ2v) is 4.55. The van der Waals surface area contributed by atoms with Gasteiger partial charge in [-0.1, -0.05) is 6.07 Å². The molecule has 0 saturated heterocycles. The monoisotopic (exact) mass is 372 g/mol. The maximum Gasteiger partial charge on any atom is 0.223 e. The average Bonchev–Trinajstić information content (AvgIpc) is 2.97. The molecule has 6 heteroatoms. The average molecular weight is 372 g/mol. The Morgan fingerprint density at radius 2 is 2.32 bits per heavy atom. The van der Waals surface area contributed by atoms with Gasteiger partial charge in [0.05, 0.1) is 6.54 Å². The molecule has 0 aliphatic carbocycles. The summed E-state index contributed by atoms with van der Waals surface area (Å²) in [5.74, 6) is 0.907. The van der Waals surface area contributed by atoms with Crippen LogP contribution in [0.15, 0.2) is 23.2 Å². The largest absolute Gasteiger partial charge is 0.354 e. The number of anilines is 2. The highest BCUT2D eigenvalue weighted by Crippen LogP contribution is 2.30. The molecule has 1 amide bonds. The molecule has 2 aliphatic heterocycles. The summed E-state index contributed by atoms with van der Waals surface area (Å²) >= 11 is 0. The summed E-state index contributed by atoms with van der Waals surface area (Å²) in [5.41, 5.74) is 3.22. The molecule has 1 aromatic rings. The third-order valence-electron chi connectivity index (χ3n) is 3.30. The lowest BCUT2D eigenvalue weighted by Crippen LogP contribution is -2.27. The Bertz CT molecular complexity index is 529. The van der Waals surface area contributed by atoms with Crippen molar-refractivity contribution in [2.75, 3.05) is 29.9 Å². The third kappa shape index (κ3) is 2.83. The van der Waals surface area contributed by atoms with Crippen LogP contribution in [0.25, 0.3) is 0 Å². The SMILES string of the molecule is CC(=O)N1CCc2ccc(NC3=NCCN3)cc21.I. The lowest BCUT2D eigenvalue weighted by molar-refractivity contribution is -0.116. The van der Waals surface area contributed by atoms with Crippen LogP contribution < -0.4 is 15.5 Å². The van der Waals surface area contributed by atoms with E-state index in [1.165, 1.54) is 5.56 Å². The number of benzene rings is 1. The Morgan fingerprint density at radius 1 is 1.47 bits per heavy atom. The van der Waals surface area contributed by atoms with Gasteiger partial charge in [0.15, 0.2) is 5.96 Å². The number of nitrogens with one attached hydrogen (secondary N) is 2. The number of aliphatic imine (C=N–C) groups is 1. The van der Waals surface area contributed by atoms with E-state index in [2.05, 4.69) is 21.7 Å². The Morgan fingerprint density at radius 3 is 3.00 bits per heavy atom. The zero-order valence-corrected chi connectivity index (χ0v) is 13.1. The second kappa shape index (κ2) is 5.77. The molecule has 0 aromatic heterocycles. The van der Waals surface area contributed by atoms with Gasteiger partial charge in [0.2, 0.25) is 5.91 Å². The van der Waals surface area contributed by atoms with Crippen LogP contribution in [-0.2, 0) is 11.2 Å². The van der Waals surface area contributed by atoms with Crippen molar-refractivity contribution in [2.45, 2.75) is 13.3 Å². The van der Waals surface area contributed by atoms with Crippen LogP contribution in [-0.4, -0.2) is 31.5 Å². The zero-order chi connectivity index (χ0) is 12.5. The molecular weight excluding hydrogens is 355 g/mol. The molecule has 2 aliphatic rings. The number of rotatable bonds is 1. The van der Waals surface area contributed by atoms with Crippen LogP contribution in [0.3, 0.4) is 0 Å². The molecule has 102 valence electrons. The minimum absolute atomic E-state index is 0. The quantitative estimate of drug-likeness (QED) is 0.737. The van der Waals surface area contributed by atoms with Gasteiger partial charge >= 0.3 is 0 Å². The van der Waals surface area contributed by atoms with E-state index in [-0.39, 0.29) is 29.9 Å². The molecule has 5 nitrogen and oxygen atoms in total. The van der Waals surface area contributed by atoms with Crippen molar-refractivity contribution in [1.29, 1.82) is 0 Å². The summed E-state index contributed by atoms with van der Waals surface area (Å²) in [5, 5.41) is 6.40. The van der Waals surface area contributed by atoms with Gasteiger partial charge in [-0.2, -0.15) is 0 Å². The molecule has 0 atom stereocenters. The van der Waals surface area contributed by atoms with E-state index < -0.39 is 0 Å². The lowest BCUT2D eigenvalue weighted by atomic mass is 10.1. The first-order chi connectivity index (χ1) is 8.74. The number of carbonyl (C=O) groups excluding carboxylic acids is 1. The van der Waals surface area contributed by atoms with E-state index in [1.807, 2.05) is 17.0 Å². The number of halogens is 1. The first kappa shape index (κ1) is 14.1. The minimum atomic E-state index is 0. The highest BCUT2D eigenvalue weighted by Gasteiger charge is 2.22. The van der Waals surface area contributed by atoms with Crippen molar-refractivity contribution in [3.8, 4) is 0 Å². The lowest BCUT2D eigenvalue weighted by Gasteiger charge is -2.16. The Balaban J connectivity index is 0.00000133. The predicted octanol–water partition coefficient (Wildman–Crippen LogP) is 1.58. The number of hydrogen-bond donors (Lipinski definition) is 2. The van der Waals surface area contributed by atoms with E-state index in [4.69, 9.17) is 0 Å². The van der Waals surface area contributed by atoms with Crippen LogP contribution >= 0.6 is 24.0 Å². The standard InChI is InChI=1S/C13H16N4O.HI/c1-9(18)17-7-4-10-2-3-11(8-12(10)17)16-13-14-5-6-15-13;/h2-3,8H,4-7H2,1H3,(H2,14,15,16);1H. The normalized spacial score (nSPS) is 16.3. The second-order valence-electron chi connectivity index (χ2n) is 4.55. The van der Waals surface area contributed by atoms with E-state index in [1.54, 1.807) is 6.92 Å². The number of nitrogens with zero attached hydrogens (tertiary/aromatic N) is 2. The summed E-state index contributed by atoms with van der Waals surface area (Å²) in [6.07, 6.45) is 0.939. The Hall–Kier alpha value is -1.31. The maximum absolute atomic E-state index is 11.5. The van der Waals surface area contributed by atoms with Crippen LogP contribution in [0.2, 0.25) is 0 Å². The molecule has 0 radical (unpaired) electrons. The number of amides is 1. The van der Waals surface area contributed by atoms with Gasteiger partial charge in [-0.3, -0.25) is 9.79 Å². The molecule has 1 aromatic carbocycles. The summed E-state index contributed by atoms with van der Waals surface area (Å²) in [7, 11) is 0.